The average Bonchev–Trinajstić information content (AvgIpc) is 2.38. The fourth-order valence-electron chi connectivity index (χ4n) is 1.81. The maximum absolute atomic E-state index is 12.1. The molecular formula is C12H24N2O3S. The third-order valence-electron chi connectivity index (χ3n) is 3.26. The molecule has 1 fully saturated rings. The van der Waals surface area contributed by atoms with Gasteiger partial charge in [0.25, 0.3) is 0 Å². The predicted octanol–water partition coefficient (Wildman–Crippen LogP) is -0.0196. The summed E-state index contributed by atoms with van der Waals surface area (Å²) >= 11 is 0. The Bertz CT molecular complexity index is 293. The van der Waals surface area contributed by atoms with Crippen LogP contribution in [0.15, 0.2) is 0 Å². The van der Waals surface area contributed by atoms with Crippen molar-refractivity contribution in [2.24, 2.45) is 0 Å². The van der Waals surface area contributed by atoms with Gasteiger partial charge in [-0.05, 0) is 19.9 Å². The normalized spacial score (nSPS) is 21.4. The number of carbonyl (C=O) groups excluding carboxylic acids is 1. The van der Waals surface area contributed by atoms with Crippen molar-refractivity contribution in [3.05, 3.63) is 0 Å². The summed E-state index contributed by atoms with van der Waals surface area (Å²) in [4.78, 5) is 13.9. The number of hydrogen-bond donors (Lipinski definition) is 1. The molecule has 0 aromatic rings. The first kappa shape index (κ1) is 15.6. The number of nitrogens with zero attached hydrogens (tertiary/aromatic N) is 1. The van der Waals surface area contributed by atoms with Crippen LogP contribution < -0.4 is 5.32 Å². The monoisotopic (exact) mass is 276 g/mol. The van der Waals surface area contributed by atoms with Gasteiger partial charge in [0.05, 0.1) is 19.3 Å². The van der Waals surface area contributed by atoms with E-state index in [-0.39, 0.29) is 17.2 Å². The summed E-state index contributed by atoms with van der Waals surface area (Å²) in [7, 11) is -0.792. The highest BCUT2D eigenvalue weighted by Gasteiger charge is 2.21. The van der Waals surface area contributed by atoms with Gasteiger partial charge in [0.15, 0.2) is 0 Å². The van der Waals surface area contributed by atoms with Gasteiger partial charge in [-0.1, -0.05) is 6.92 Å². The summed E-state index contributed by atoms with van der Waals surface area (Å²) in [6.45, 7) is 7.19. The molecule has 1 aliphatic heterocycles. The summed E-state index contributed by atoms with van der Waals surface area (Å²) in [6, 6.07) is -0.180. The molecule has 3 atom stereocenters. The molecule has 0 bridgehead atoms. The minimum absolute atomic E-state index is 0.128. The standard InChI is InChI=1S/C12H24N2O3S/c1-10(18(3)16)4-5-13-11(2)12(15)14-6-8-17-9-7-14/h10-11,13H,4-9H2,1-3H3. The first-order valence-corrected chi connectivity index (χ1v) is 8.06. The van der Waals surface area contributed by atoms with Crippen molar-refractivity contribution in [1.29, 1.82) is 0 Å². The van der Waals surface area contributed by atoms with Crippen molar-refractivity contribution >= 4 is 16.7 Å². The van der Waals surface area contributed by atoms with Crippen molar-refractivity contribution in [1.82, 2.24) is 10.2 Å². The van der Waals surface area contributed by atoms with Gasteiger partial charge >= 0.3 is 0 Å². The zero-order chi connectivity index (χ0) is 13.5. The summed E-state index contributed by atoms with van der Waals surface area (Å²) in [5, 5.41) is 3.37. The van der Waals surface area contributed by atoms with Crippen molar-refractivity contribution < 1.29 is 13.7 Å². The number of carbonyl (C=O) groups is 1. The van der Waals surface area contributed by atoms with E-state index in [9.17, 15) is 9.00 Å². The van der Waals surface area contributed by atoms with Gasteiger partial charge in [0.1, 0.15) is 0 Å². The quantitative estimate of drug-likeness (QED) is 0.741. The molecule has 1 aliphatic rings. The van der Waals surface area contributed by atoms with Crippen LogP contribution in [-0.4, -0.2) is 65.4 Å². The molecule has 1 N–H and O–H groups in total. The number of rotatable bonds is 6. The minimum Gasteiger partial charge on any atom is -0.378 e. The molecule has 0 aromatic carbocycles. The molecule has 0 aliphatic carbocycles. The van der Waals surface area contributed by atoms with Crippen molar-refractivity contribution in [2.75, 3.05) is 39.1 Å². The first-order valence-electron chi connectivity index (χ1n) is 6.44. The van der Waals surface area contributed by atoms with E-state index in [1.165, 1.54) is 0 Å². The van der Waals surface area contributed by atoms with Crippen LogP contribution in [0.4, 0.5) is 0 Å². The summed E-state index contributed by atoms with van der Waals surface area (Å²) in [5.41, 5.74) is 0. The van der Waals surface area contributed by atoms with Crippen LogP contribution in [0.5, 0.6) is 0 Å². The zero-order valence-electron chi connectivity index (χ0n) is 11.5. The lowest BCUT2D eigenvalue weighted by Crippen LogP contribution is -2.49. The van der Waals surface area contributed by atoms with Gasteiger partial charge < -0.3 is 15.0 Å². The third kappa shape index (κ3) is 5.04. The predicted molar refractivity (Wildman–Crippen MR) is 73.0 cm³/mol. The minimum atomic E-state index is -0.792. The van der Waals surface area contributed by atoms with Crippen LogP contribution in [0.3, 0.4) is 0 Å². The fraction of sp³-hybridized carbons (Fsp3) is 0.917. The fourth-order valence-corrected chi connectivity index (χ4v) is 2.26. The summed E-state index contributed by atoms with van der Waals surface area (Å²) in [6.07, 6.45) is 2.54. The lowest BCUT2D eigenvalue weighted by molar-refractivity contribution is -0.137. The highest BCUT2D eigenvalue weighted by atomic mass is 32.2. The van der Waals surface area contributed by atoms with E-state index in [0.717, 1.165) is 13.0 Å². The lowest BCUT2D eigenvalue weighted by Gasteiger charge is -2.29. The Morgan fingerprint density at radius 1 is 1.39 bits per heavy atom. The number of ether oxygens (including phenoxy) is 1. The van der Waals surface area contributed by atoms with Gasteiger partial charge in [-0.15, -0.1) is 0 Å². The van der Waals surface area contributed by atoms with Gasteiger partial charge in [0, 0.05) is 35.4 Å². The molecule has 1 saturated heterocycles. The van der Waals surface area contributed by atoms with Crippen LogP contribution in [0, 0.1) is 0 Å². The molecule has 0 aromatic heterocycles. The van der Waals surface area contributed by atoms with Gasteiger partial charge in [-0.25, -0.2) is 0 Å². The lowest BCUT2D eigenvalue weighted by atomic mass is 10.2. The van der Waals surface area contributed by atoms with Crippen LogP contribution >= 0.6 is 0 Å². The number of amides is 1. The molecule has 0 saturated carbocycles. The average molecular weight is 276 g/mol. The molecular weight excluding hydrogens is 252 g/mol. The van der Waals surface area contributed by atoms with Crippen LogP contribution in [0.2, 0.25) is 0 Å². The molecule has 0 spiro atoms. The highest BCUT2D eigenvalue weighted by molar-refractivity contribution is 7.84. The van der Waals surface area contributed by atoms with Gasteiger partial charge in [-0.3, -0.25) is 9.00 Å². The van der Waals surface area contributed by atoms with Crippen LogP contribution in [-0.2, 0) is 20.3 Å². The Balaban J connectivity index is 2.24. The second-order valence-electron chi connectivity index (χ2n) is 4.71. The molecule has 6 heteroatoms. The molecule has 1 amide bonds. The SMILES string of the molecule is CC(NCCC(C)S(C)=O)C(=O)N1CCOCC1. The largest absolute Gasteiger partial charge is 0.378 e. The van der Waals surface area contributed by atoms with Crippen molar-refractivity contribution in [3.8, 4) is 0 Å². The Hall–Kier alpha value is -0.460. The second-order valence-corrected chi connectivity index (χ2v) is 6.51. The van der Waals surface area contributed by atoms with E-state index in [4.69, 9.17) is 4.74 Å². The molecule has 18 heavy (non-hydrogen) atoms. The van der Waals surface area contributed by atoms with E-state index < -0.39 is 10.8 Å². The Labute approximate surface area is 112 Å². The molecule has 0 radical (unpaired) electrons. The molecule has 3 unspecified atom stereocenters. The maximum Gasteiger partial charge on any atom is 0.239 e. The van der Waals surface area contributed by atoms with Gasteiger partial charge in [-0.2, -0.15) is 0 Å². The highest BCUT2D eigenvalue weighted by Crippen LogP contribution is 2.02. The molecule has 1 heterocycles. The van der Waals surface area contributed by atoms with Crippen LogP contribution in [0.1, 0.15) is 20.3 Å². The first-order chi connectivity index (χ1) is 8.52. The zero-order valence-corrected chi connectivity index (χ0v) is 12.3. The maximum atomic E-state index is 12.1. The molecule has 106 valence electrons. The van der Waals surface area contributed by atoms with Crippen molar-refractivity contribution in [2.45, 2.75) is 31.6 Å². The van der Waals surface area contributed by atoms with E-state index >= 15 is 0 Å². The Morgan fingerprint density at radius 2 is 2.00 bits per heavy atom. The molecule has 5 nitrogen and oxygen atoms in total. The van der Waals surface area contributed by atoms with Gasteiger partial charge in [0.2, 0.25) is 5.91 Å². The van der Waals surface area contributed by atoms with Crippen molar-refractivity contribution in [3.63, 3.8) is 0 Å². The van der Waals surface area contributed by atoms with E-state index in [1.54, 1.807) is 6.26 Å². The number of morpholine rings is 1. The Morgan fingerprint density at radius 3 is 2.56 bits per heavy atom. The smallest absolute Gasteiger partial charge is 0.239 e. The third-order valence-corrected chi connectivity index (χ3v) is 4.63. The topological polar surface area (TPSA) is 58.6 Å². The second kappa shape index (κ2) is 7.86. The Kier molecular flexibility index (Phi) is 6.81. The van der Waals surface area contributed by atoms with Crippen LogP contribution in [0.25, 0.3) is 0 Å². The number of nitrogens with one attached hydrogen (secondary N) is 1. The van der Waals surface area contributed by atoms with E-state index in [2.05, 4.69) is 5.32 Å². The molecule has 1 rings (SSSR count). The van der Waals surface area contributed by atoms with E-state index in [0.29, 0.717) is 26.3 Å². The number of hydrogen-bond acceptors (Lipinski definition) is 4. The van der Waals surface area contributed by atoms with E-state index in [1.807, 2.05) is 18.7 Å². The summed E-state index contributed by atoms with van der Waals surface area (Å²) in [5.74, 6) is 0.128. The summed E-state index contributed by atoms with van der Waals surface area (Å²) < 4.78 is 16.4.